The van der Waals surface area contributed by atoms with Crippen molar-refractivity contribution < 1.29 is 14.0 Å². The Hall–Kier alpha value is -2.64. The molecule has 144 valence electrons. The minimum atomic E-state index is -0.242. The molecule has 0 aliphatic rings. The smallest absolute Gasteiger partial charge is 0.265 e. The van der Waals surface area contributed by atoms with Gasteiger partial charge < -0.3 is 10.6 Å². The summed E-state index contributed by atoms with van der Waals surface area (Å²) in [6.07, 6.45) is 0.808. The summed E-state index contributed by atoms with van der Waals surface area (Å²) in [5.41, 5.74) is 1.19. The van der Waals surface area contributed by atoms with Crippen molar-refractivity contribution in [3.8, 4) is 0 Å². The molecule has 0 unspecified atom stereocenters. The van der Waals surface area contributed by atoms with Crippen LogP contribution in [0.4, 0.5) is 10.1 Å². The van der Waals surface area contributed by atoms with Crippen molar-refractivity contribution in [2.24, 2.45) is 0 Å². The van der Waals surface area contributed by atoms with E-state index >= 15 is 0 Å². The van der Waals surface area contributed by atoms with Gasteiger partial charge in [0, 0.05) is 22.7 Å². The van der Waals surface area contributed by atoms with Gasteiger partial charge in [-0.15, -0.1) is 23.1 Å². The first-order chi connectivity index (χ1) is 13.6. The van der Waals surface area contributed by atoms with Gasteiger partial charge in [0.05, 0.1) is 4.88 Å². The van der Waals surface area contributed by atoms with Crippen LogP contribution >= 0.6 is 23.1 Å². The summed E-state index contributed by atoms with van der Waals surface area (Å²) >= 11 is 3.00. The Kier molecular flexibility index (Phi) is 7.22. The highest BCUT2D eigenvalue weighted by molar-refractivity contribution is 7.99. The molecule has 0 bridgehead atoms. The van der Waals surface area contributed by atoms with Crippen LogP contribution in [0.5, 0.6) is 0 Å². The molecular formula is C21H19FN2O2S2. The number of hydrogen-bond donors (Lipinski definition) is 2. The topological polar surface area (TPSA) is 58.2 Å². The van der Waals surface area contributed by atoms with E-state index in [-0.39, 0.29) is 17.6 Å². The molecule has 0 atom stereocenters. The number of carbonyl (C=O) groups excluding carboxylic acids is 2. The molecule has 4 nitrogen and oxygen atoms in total. The Balaban J connectivity index is 1.39. The van der Waals surface area contributed by atoms with E-state index in [0.29, 0.717) is 22.7 Å². The molecular weight excluding hydrogens is 395 g/mol. The van der Waals surface area contributed by atoms with Crippen LogP contribution in [-0.2, 0) is 0 Å². The second kappa shape index (κ2) is 10.1. The summed E-state index contributed by atoms with van der Waals surface area (Å²) in [7, 11) is 0. The minimum Gasteiger partial charge on any atom is -0.352 e. The van der Waals surface area contributed by atoms with Crippen LogP contribution in [0.15, 0.2) is 70.9 Å². The molecule has 7 heteroatoms. The van der Waals surface area contributed by atoms with Crippen molar-refractivity contribution in [1.82, 2.24) is 5.32 Å². The van der Waals surface area contributed by atoms with E-state index in [9.17, 15) is 14.0 Å². The lowest BCUT2D eigenvalue weighted by Gasteiger charge is -2.07. The predicted molar refractivity (Wildman–Crippen MR) is 113 cm³/mol. The largest absolute Gasteiger partial charge is 0.352 e. The van der Waals surface area contributed by atoms with Crippen molar-refractivity contribution in [3.63, 3.8) is 0 Å². The third-order valence-corrected chi connectivity index (χ3v) is 5.81. The second-order valence-electron chi connectivity index (χ2n) is 5.92. The summed E-state index contributed by atoms with van der Waals surface area (Å²) < 4.78 is 12.9. The van der Waals surface area contributed by atoms with Crippen LogP contribution < -0.4 is 10.6 Å². The average Bonchev–Trinajstić information content (AvgIpc) is 3.24. The van der Waals surface area contributed by atoms with E-state index in [1.54, 1.807) is 54.2 Å². The fourth-order valence-corrected chi connectivity index (χ4v) is 3.87. The monoisotopic (exact) mass is 414 g/mol. The molecule has 0 fully saturated rings. The number of nitrogens with one attached hydrogen (secondary N) is 2. The maximum Gasteiger partial charge on any atom is 0.265 e. The van der Waals surface area contributed by atoms with Gasteiger partial charge in [0.1, 0.15) is 5.82 Å². The zero-order valence-corrected chi connectivity index (χ0v) is 16.6. The molecule has 2 aromatic carbocycles. The first-order valence-corrected chi connectivity index (χ1v) is 10.6. The van der Waals surface area contributed by atoms with E-state index < -0.39 is 0 Å². The van der Waals surface area contributed by atoms with Crippen LogP contribution in [0.25, 0.3) is 0 Å². The number of thiophene rings is 1. The van der Waals surface area contributed by atoms with Crippen molar-refractivity contribution in [2.75, 3.05) is 17.6 Å². The lowest BCUT2D eigenvalue weighted by molar-refractivity contribution is 0.0953. The van der Waals surface area contributed by atoms with Crippen LogP contribution in [0.1, 0.15) is 26.5 Å². The Morgan fingerprint density at radius 2 is 1.71 bits per heavy atom. The summed E-state index contributed by atoms with van der Waals surface area (Å²) in [5, 5.41) is 7.53. The lowest BCUT2D eigenvalue weighted by atomic mass is 10.2. The van der Waals surface area contributed by atoms with Crippen LogP contribution in [-0.4, -0.2) is 24.1 Å². The Labute approximate surface area is 171 Å². The summed E-state index contributed by atoms with van der Waals surface area (Å²) in [6, 6.07) is 16.8. The Morgan fingerprint density at radius 3 is 2.39 bits per heavy atom. The van der Waals surface area contributed by atoms with Crippen molar-refractivity contribution in [2.45, 2.75) is 11.3 Å². The lowest BCUT2D eigenvalue weighted by Crippen LogP contribution is -2.24. The molecule has 3 aromatic rings. The fourth-order valence-electron chi connectivity index (χ4n) is 2.40. The van der Waals surface area contributed by atoms with Gasteiger partial charge in [-0.3, -0.25) is 9.59 Å². The first kappa shape index (κ1) is 20.1. The molecule has 0 aliphatic heterocycles. The van der Waals surface area contributed by atoms with E-state index in [2.05, 4.69) is 10.6 Å². The quantitative estimate of drug-likeness (QED) is 0.400. The highest BCUT2D eigenvalue weighted by Crippen LogP contribution is 2.18. The maximum atomic E-state index is 12.9. The minimum absolute atomic E-state index is 0.150. The number of amides is 2. The zero-order valence-electron chi connectivity index (χ0n) is 15.0. The van der Waals surface area contributed by atoms with Crippen molar-refractivity contribution in [3.05, 3.63) is 82.3 Å². The fraction of sp³-hybridized carbons (Fsp3) is 0.143. The molecule has 0 aliphatic carbocycles. The zero-order chi connectivity index (χ0) is 19.8. The number of carbonyl (C=O) groups is 2. The number of thioether (sulfide) groups is 1. The molecule has 0 spiro atoms. The van der Waals surface area contributed by atoms with Gasteiger partial charge in [0.2, 0.25) is 0 Å². The Morgan fingerprint density at radius 1 is 0.964 bits per heavy atom. The molecule has 0 saturated carbocycles. The summed E-state index contributed by atoms with van der Waals surface area (Å²) in [4.78, 5) is 25.9. The van der Waals surface area contributed by atoms with Crippen LogP contribution in [0.2, 0.25) is 0 Å². The van der Waals surface area contributed by atoms with Crippen molar-refractivity contribution in [1.29, 1.82) is 0 Å². The van der Waals surface area contributed by atoms with Gasteiger partial charge in [-0.05, 0) is 72.2 Å². The molecule has 28 heavy (non-hydrogen) atoms. The van der Waals surface area contributed by atoms with E-state index in [1.165, 1.54) is 23.5 Å². The normalized spacial score (nSPS) is 10.5. The highest BCUT2D eigenvalue weighted by Gasteiger charge is 2.08. The number of benzene rings is 2. The average molecular weight is 415 g/mol. The van der Waals surface area contributed by atoms with Gasteiger partial charge in [-0.1, -0.05) is 6.07 Å². The van der Waals surface area contributed by atoms with Gasteiger partial charge >= 0.3 is 0 Å². The number of halogens is 1. The number of rotatable bonds is 8. The van der Waals surface area contributed by atoms with E-state index in [0.717, 1.165) is 17.1 Å². The number of hydrogen-bond acceptors (Lipinski definition) is 4. The van der Waals surface area contributed by atoms with Crippen LogP contribution in [0, 0.1) is 5.82 Å². The molecule has 1 aromatic heterocycles. The van der Waals surface area contributed by atoms with Crippen molar-refractivity contribution >= 4 is 40.6 Å². The second-order valence-corrected chi connectivity index (χ2v) is 8.04. The van der Waals surface area contributed by atoms with Gasteiger partial charge in [0.25, 0.3) is 11.8 Å². The highest BCUT2D eigenvalue weighted by atomic mass is 32.2. The first-order valence-electron chi connectivity index (χ1n) is 8.73. The van der Waals surface area contributed by atoms with E-state index in [4.69, 9.17) is 0 Å². The third-order valence-electron chi connectivity index (χ3n) is 3.84. The molecule has 0 radical (unpaired) electrons. The van der Waals surface area contributed by atoms with Gasteiger partial charge in [0.15, 0.2) is 0 Å². The molecule has 0 saturated heterocycles. The van der Waals surface area contributed by atoms with Gasteiger partial charge in [-0.25, -0.2) is 4.39 Å². The third kappa shape index (κ3) is 5.94. The van der Waals surface area contributed by atoms with Crippen LogP contribution in [0.3, 0.4) is 0 Å². The predicted octanol–water partition coefficient (Wildman–Crippen LogP) is 5.05. The molecule has 2 N–H and O–H groups in total. The molecule has 3 rings (SSSR count). The SMILES string of the molecule is O=C(NCCCSc1ccc(F)cc1)c1ccc(NC(=O)c2cccs2)cc1. The summed E-state index contributed by atoms with van der Waals surface area (Å²) in [6.45, 7) is 0.559. The Bertz CT molecular complexity index is 911. The number of anilines is 1. The molecule has 2 amide bonds. The summed E-state index contributed by atoms with van der Waals surface area (Å²) in [5.74, 6) is 0.280. The maximum absolute atomic E-state index is 12.9. The van der Waals surface area contributed by atoms with E-state index in [1.807, 2.05) is 11.4 Å². The van der Waals surface area contributed by atoms with Gasteiger partial charge in [-0.2, -0.15) is 0 Å². The molecule has 1 heterocycles. The standard InChI is InChI=1S/C21H19FN2O2S2/c22-16-6-10-18(11-7-16)27-14-2-12-23-20(25)15-4-8-17(9-5-15)24-21(26)19-3-1-13-28-19/h1,3-11,13H,2,12,14H2,(H,23,25)(H,24,26).